The Morgan fingerprint density at radius 2 is 1.41 bits per heavy atom. The minimum Gasteiger partial charge on any atom is -0.454 e. The second-order valence-corrected chi connectivity index (χ2v) is 11.0. The highest BCUT2D eigenvalue weighted by atomic mass is 16.6. The Balaban J connectivity index is 3.77. The molecule has 2 unspecified atom stereocenters. The Labute approximate surface area is 241 Å². The summed E-state index contributed by atoms with van der Waals surface area (Å²) in [6.07, 6.45) is -4.55. The van der Waals surface area contributed by atoms with Crippen molar-refractivity contribution in [2.24, 2.45) is 5.92 Å². The lowest BCUT2D eigenvalue weighted by atomic mass is 9.68. The maximum absolute atomic E-state index is 13.7. The molecule has 41 heavy (non-hydrogen) atoms. The van der Waals surface area contributed by atoms with Gasteiger partial charge in [0.2, 0.25) is 5.78 Å². The van der Waals surface area contributed by atoms with E-state index in [0.29, 0.717) is 0 Å². The monoisotopic (exact) mass is 580 g/mol. The van der Waals surface area contributed by atoms with Crippen LogP contribution < -0.4 is 0 Å². The third-order valence-corrected chi connectivity index (χ3v) is 7.39. The number of Topliss-reactive ketones (excluding diaryl/α,β-unsaturated/α-hetero) is 1. The van der Waals surface area contributed by atoms with Gasteiger partial charge in [-0.15, -0.1) is 0 Å². The number of rotatable bonds is 11. The maximum atomic E-state index is 13.7. The summed E-state index contributed by atoms with van der Waals surface area (Å²) >= 11 is 0. The van der Waals surface area contributed by atoms with Gasteiger partial charge >= 0.3 is 17.9 Å². The quantitative estimate of drug-likeness (QED) is 0.122. The van der Waals surface area contributed by atoms with Gasteiger partial charge in [0.05, 0.1) is 17.6 Å². The van der Waals surface area contributed by atoms with Crippen LogP contribution in [0, 0.1) is 5.92 Å². The lowest BCUT2D eigenvalue weighted by Crippen LogP contribution is -2.68. The number of carbonyl (C=O) groups is 4. The number of hydrogen-bond donors (Lipinski definition) is 4. The molecule has 230 valence electrons. The summed E-state index contributed by atoms with van der Waals surface area (Å²) in [5, 5.41) is 43.7. The summed E-state index contributed by atoms with van der Waals surface area (Å²) in [7, 11) is 0. The zero-order valence-electron chi connectivity index (χ0n) is 25.3. The summed E-state index contributed by atoms with van der Waals surface area (Å²) in [5.41, 5.74) is -3.88. The Morgan fingerprint density at radius 3 is 1.85 bits per heavy atom. The van der Waals surface area contributed by atoms with Gasteiger partial charge in [-0.3, -0.25) is 4.79 Å². The molecule has 0 bridgehead atoms. The number of hydrogen-bond acceptors (Lipinski definition) is 11. The standard InChI is InChI=1S/C30H44O11/c1-11-15(4)26(34)39-19(14-20(31)29(8,9)37)18(7)21-22(32)25(41-28(36)17(6)13-3)30(10,38)24(33)23(21)40-27(35)16(5)12-2/h11-13,19-23,25,31-32,37-38H,7,14H2,1-6,8-10H3/b15-11-,16-12-,17-13-/t19?,20?,21-,22-,23+,25-,30-/m1/s1. The van der Waals surface area contributed by atoms with Crippen LogP contribution in [0.15, 0.2) is 47.1 Å². The van der Waals surface area contributed by atoms with Crippen LogP contribution in [0.4, 0.5) is 0 Å². The summed E-state index contributed by atoms with van der Waals surface area (Å²) in [4.78, 5) is 51.8. The number of ketones is 1. The molecule has 0 aromatic carbocycles. The lowest BCUT2D eigenvalue weighted by molar-refractivity contribution is -0.210. The first kappa shape index (κ1) is 35.9. The van der Waals surface area contributed by atoms with Gasteiger partial charge in [0.1, 0.15) is 12.2 Å². The van der Waals surface area contributed by atoms with E-state index in [4.69, 9.17) is 14.2 Å². The molecule has 0 radical (unpaired) electrons. The number of allylic oxidation sites excluding steroid dienone is 3. The molecule has 11 heteroatoms. The number of aliphatic hydroxyl groups is 4. The molecule has 7 atom stereocenters. The van der Waals surface area contributed by atoms with Crippen LogP contribution in [0.2, 0.25) is 0 Å². The molecule has 0 aromatic heterocycles. The fourth-order valence-electron chi connectivity index (χ4n) is 3.99. The molecule has 4 N–H and O–H groups in total. The van der Waals surface area contributed by atoms with Crippen molar-refractivity contribution in [3.05, 3.63) is 47.1 Å². The number of aliphatic hydroxyl groups excluding tert-OH is 2. The summed E-state index contributed by atoms with van der Waals surface area (Å²) in [6, 6.07) is 0. The highest BCUT2D eigenvalue weighted by Gasteiger charge is 2.61. The zero-order chi connectivity index (χ0) is 32.0. The van der Waals surface area contributed by atoms with Crippen LogP contribution >= 0.6 is 0 Å². The molecular formula is C30H44O11. The van der Waals surface area contributed by atoms with E-state index in [0.717, 1.165) is 6.92 Å². The number of esters is 3. The first-order chi connectivity index (χ1) is 18.8. The maximum Gasteiger partial charge on any atom is 0.334 e. The Kier molecular flexibility index (Phi) is 12.4. The molecule has 1 rings (SSSR count). The predicted octanol–water partition coefficient (Wildman–Crippen LogP) is 2.01. The van der Waals surface area contributed by atoms with Crippen LogP contribution in [0.5, 0.6) is 0 Å². The van der Waals surface area contributed by atoms with E-state index in [1.807, 2.05) is 0 Å². The summed E-state index contributed by atoms with van der Waals surface area (Å²) in [5.74, 6) is -5.33. The minimum atomic E-state index is -2.50. The van der Waals surface area contributed by atoms with Gasteiger partial charge in [-0.2, -0.15) is 0 Å². The van der Waals surface area contributed by atoms with Crippen LogP contribution in [-0.4, -0.2) is 85.8 Å². The predicted molar refractivity (Wildman–Crippen MR) is 149 cm³/mol. The van der Waals surface area contributed by atoms with Crippen molar-refractivity contribution >= 4 is 23.7 Å². The highest BCUT2D eigenvalue weighted by Crippen LogP contribution is 2.40. The topological polar surface area (TPSA) is 177 Å². The van der Waals surface area contributed by atoms with Gasteiger partial charge in [0, 0.05) is 23.1 Å². The van der Waals surface area contributed by atoms with E-state index >= 15 is 0 Å². The SMILES string of the molecule is C=C(C(CC(O)C(C)(C)O)OC(=O)/C(C)=C\C)[C@@H]1[C@@H](O)[C@@H](OC(=O)/C(C)=C\C)[C@](C)(O)C(=O)[C@H]1OC(=O)/C(C)=C\C. The average molecular weight is 581 g/mol. The van der Waals surface area contributed by atoms with E-state index in [2.05, 4.69) is 6.58 Å². The zero-order valence-corrected chi connectivity index (χ0v) is 25.3. The first-order valence-corrected chi connectivity index (χ1v) is 13.3. The summed E-state index contributed by atoms with van der Waals surface area (Å²) < 4.78 is 16.4. The first-order valence-electron chi connectivity index (χ1n) is 13.3. The van der Waals surface area contributed by atoms with Crippen LogP contribution in [0.25, 0.3) is 0 Å². The van der Waals surface area contributed by atoms with E-state index in [9.17, 15) is 39.6 Å². The van der Waals surface area contributed by atoms with Gasteiger partial charge in [-0.1, -0.05) is 24.8 Å². The van der Waals surface area contributed by atoms with Crippen molar-refractivity contribution < 1.29 is 53.8 Å². The van der Waals surface area contributed by atoms with Crippen LogP contribution in [0.1, 0.15) is 68.7 Å². The van der Waals surface area contributed by atoms with Crippen molar-refractivity contribution in [2.45, 2.75) is 110 Å². The van der Waals surface area contributed by atoms with Gasteiger partial charge in [-0.05, 0) is 67.9 Å². The van der Waals surface area contributed by atoms with E-state index in [1.54, 1.807) is 20.8 Å². The second kappa shape index (κ2) is 14.2. The molecule has 1 saturated carbocycles. The lowest BCUT2D eigenvalue weighted by Gasteiger charge is -2.47. The van der Waals surface area contributed by atoms with Crippen molar-refractivity contribution in [3.63, 3.8) is 0 Å². The summed E-state index contributed by atoms with van der Waals surface area (Å²) in [6.45, 7) is 16.7. The fourth-order valence-corrected chi connectivity index (χ4v) is 3.99. The molecular weight excluding hydrogens is 536 g/mol. The van der Waals surface area contributed by atoms with Gasteiger partial charge in [0.15, 0.2) is 17.8 Å². The van der Waals surface area contributed by atoms with Gasteiger partial charge < -0.3 is 34.6 Å². The van der Waals surface area contributed by atoms with Crippen LogP contribution in [0.3, 0.4) is 0 Å². The van der Waals surface area contributed by atoms with Crippen molar-refractivity contribution in [2.75, 3.05) is 0 Å². The van der Waals surface area contributed by atoms with Crippen molar-refractivity contribution in [1.29, 1.82) is 0 Å². The average Bonchev–Trinajstić information content (AvgIpc) is 2.90. The molecule has 1 aliphatic rings. The third kappa shape index (κ3) is 8.45. The third-order valence-electron chi connectivity index (χ3n) is 7.39. The van der Waals surface area contributed by atoms with Crippen LogP contribution in [-0.2, 0) is 33.4 Å². The smallest absolute Gasteiger partial charge is 0.334 e. The largest absolute Gasteiger partial charge is 0.454 e. The molecule has 0 saturated heterocycles. The van der Waals surface area contributed by atoms with E-state index in [1.165, 1.54) is 52.8 Å². The Hall–Kier alpha value is -3.12. The Morgan fingerprint density at radius 1 is 0.976 bits per heavy atom. The molecule has 0 aliphatic heterocycles. The molecule has 0 spiro atoms. The number of ether oxygens (including phenoxy) is 3. The molecule has 1 aliphatic carbocycles. The van der Waals surface area contributed by atoms with Gasteiger partial charge in [0.25, 0.3) is 0 Å². The van der Waals surface area contributed by atoms with Crippen molar-refractivity contribution in [3.8, 4) is 0 Å². The molecule has 11 nitrogen and oxygen atoms in total. The minimum absolute atomic E-state index is 0.123. The highest BCUT2D eigenvalue weighted by molar-refractivity contribution is 5.97. The fraction of sp³-hybridized carbons (Fsp3) is 0.600. The number of carbonyl (C=O) groups excluding carboxylic acids is 4. The second-order valence-electron chi connectivity index (χ2n) is 11.0. The molecule has 0 aromatic rings. The van der Waals surface area contributed by atoms with Gasteiger partial charge in [-0.25, -0.2) is 14.4 Å². The Bertz CT molecular complexity index is 1120. The molecule has 0 amide bonds. The van der Waals surface area contributed by atoms with E-state index in [-0.39, 0.29) is 22.3 Å². The normalized spacial score (nSPS) is 27.5. The van der Waals surface area contributed by atoms with E-state index < -0.39 is 77.8 Å². The van der Waals surface area contributed by atoms with Crippen molar-refractivity contribution in [1.82, 2.24) is 0 Å². The molecule has 1 fully saturated rings. The molecule has 0 heterocycles.